The van der Waals surface area contributed by atoms with Gasteiger partial charge in [0.05, 0.1) is 17.1 Å². The number of aryl methyl sites for hydroxylation is 1. The van der Waals surface area contributed by atoms with Gasteiger partial charge in [-0.05, 0) is 61.4 Å². The number of amides is 1. The molecule has 2 heterocycles. The third-order valence-corrected chi connectivity index (χ3v) is 4.99. The Balaban J connectivity index is 1.49. The van der Waals surface area contributed by atoms with Gasteiger partial charge < -0.3 is 21.4 Å². The van der Waals surface area contributed by atoms with Crippen LogP contribution in [-0.2, 0) is 0 Å². The minimum atomic E-state index is -0.480. The topological polar surface area (TPSA) is 122 Å². The third-order valence-electron chi connectivity index (χ3n) is 4.99. The number of halogens is 1. The quantitative estimate of drug-likeness (QED) is 0.309. The molecule has 0 aliphatic rings. The number of nitrogens with one attached hydrogen (secondary N) is 3. The molecule has 1 amide bonds. The van der Waals surface area contributed by atoms with Crippen LogP contribution in [0.1, 0.15) is 41.6 Å². The first-order chi connectivity index (χ1) is 15.8. The average Bonchev–Trinajstić information content (AvgIpc) is 3.19. The zero-order chi connectivity index (χ0) is 23.5. The molecule has 0 aliphatic carbocycles. The predicted molar refractivity (Wildman–Crippen MR) is 127 cm³/mol. The maximum atomic E-state index is 13.4. The Kier molecular flexibility index (Phi) is 6.03. The SMILES string of the molecule is Cc1nc(-c2ccnc(Nc3ccc(C(=O)Nc4cc(F)ccc4N)cc3)n2)c(C(C)C)[nH]1. The van der Waals surface area contributed by atoms with Crippen molar-refractivity contribution in [2.75, 3.05) is 16.4 Å². The summed E-state index contributed by atoms with van der Waals surface area (Å²) in [4.78, 5) is 29.2. The number of anilines is 4. The molecule has 0 radical (unpaired) electrons. The number of nitrogens with zero attached hydrogens (tertiary/aromatic N) is 3. The standard InChI is InChI=1S/C24H24FN7O/c1-13(2)21-22(29-14(3)28-21)19-10-11-27-24(32-19)30-17-7-4-15(5-8-17)23(33)31-20-12-16(25)6-9-18(20)26/h4-13H,26H2,1-3H3,(H,28,29)(H,31,33)(H,27,30,32). The monoisotopic (exact) mass is 445 g/mol. The Morgan fingerprint density at radius 1 is 1.09 bits per heavy atom. The molecule has 168 valence electrons. The van der Waals surface area contributed by atoms with E-state index in [1.165, 1.54) is 18.2 Å². The van der Waals surface area contributed by atoms with Crippen LogP contribution in [0.15, 0.2) is 54.7 Å². The first kappa shape index (κ1) is 21.9. The van der Waals surface area contributed by atoms with E-state index < -0.39 is 11.7 Å². The number of hydrogen-bond donors (Lipinski definition) is 4. The molecule has 0 aliphatic heterocycles. The van der Waals surface area contributed by atoms with Crippen molar-refractivity contribution in [3.8, 4) is 11.4 Å². The van der Waals surface area contributed by atoms with Gasteiger partial charge in [0.2, 0.25) is 5.95 Å². The van der Waals surface area contributed by atoms with Crippen LogP contribution in [0.3, 0.4) is 0 Å². The van der Waals surface area contributed by atoms with E-state index in [1.807, 2.05) is 13.0 Å². The van der Waals surface area contributed by atoms with Crippen LogP contribution in [0.25, 0.3) is 11.4 Å². The van der Waals surface area contributed by atoms with E-state index in [9.17, 15) is 9.18 Å². The Morgan fingerprint density at radius 2 is 1.85 bits per heavy atom. The van der Waals surface area contributed by atoms with Gasteiger partial charge in [-0.25, -0.2) is 19.3 Å². The maximum absolute atomic E-state index is 13.4. The number of carbonyl (C=O) groups is 1. The van der Waals surface area contributed by atoms with Crippen LogP contribution in [-0.4, -0.2) is 25.8 Å². The minimum Gasteiger partial charge on any atom is -0.397 e. The van der Waals surface area contributed by atoms with E-state index >= 15 is 0 Å². The molecule has 9 heteroatoms. The Labute approximate surface area is 190 Å². The number of rotatable bonds is 6. The zero-order valence-corrected chi connectivity index (χ0v) is 18.5. The zero-order valence-electron chi connectivity index (χ0n) is 18.5. The molecule has 0 saturated carbocycles. The molecule has 4 rings (SSSR count). The summed E-state index contributed by atoms with van der Waals surface area (Å²) in [5.74, 6) is 0.635. The molecular formula is C24H24FN7O. The number of imidazole rings is 1. The number of benzene rings is 2. The van der Waals surface area contributed by atoms with E-state index in [4.69, 9.17) is 5.73 Å². The second-order valence-electron chi connectivity index (χ2n) is 7.89. The molecule has 0 bridgehead atoms. The van der Waals surface area contributed by atoms with E-state index in [2.05, 4.69) is 44.4 Å². The van der Waals surface area contributed by atoms with Gasteiger partial charge in [-0.2, -0.15) is 0 Å². The highest BCUT2D eigenvalue weighted by Crippen LogP contribution is 2.27. The van der Waals surface area contributed by atoms with Crippen molar-refractivity contribution in [1.82, 2.24) is 19.9 Å². The van der Waals surface area contributed by atoms with Gasteiger partial charge in [-0.1, -0.05) is 13.8 Å². The van der Waals surface area contributed by atoms with Crippen molar-refractivity contribution in [1.29, 1.82) is 0 Å². The smallest absolute Gasteiger partial charge is 0.255 e. The molecule has 0 spiro atoms. The number of nitrogens with two attached hydrogens (primary N) is 1. The molecule has 0 unspecified atom stereocenters. The summed E-state index contributed by atoms with van der Waals surface area (Å²) in [5.41, 5.74) is 9.94. The van der Waals surface area contributed by atoms with Crippen LogP contribution in [0.5, 0.6) is 0 Å². The van der Waals surface area contributed by atoms with Gasteiger partial charge in [0.1, 0.15) is 17.3 Å². The second-order valence-corrected chi connectivity index (χ2v) is 7.89. The van der Waals surface area contributed by atoms with Gasteiger partial charge >= 0.3 is 0 Å². The largest absolute Gasteiger partial charge is 0.397 e. The van der Waals surface area contributed by atoms with Crippen LogP contribution in [0.4, 0.5) is 27.4 Å². The summed E-state index contributed by atoms with van der Waals surface area (Å²) >= 11 is 0. The Bertz CT molecular complexity index is 1300. The molecule has 2 aromatic carbocycles. The fourth-order valence-electron chi connectivity index (χ4n) is 3.34. The highest BCUT2D eigenvalue weighted by molar-refractivity contribution is 6.05. The molecule has 4 aromatic rings. The van der Waals surface area contributed by atoms with Crippen molar-refractivity contribution < 1.29 is 9.18 Å². The van der Waals surface area contributed by atoms with Crippen molar-refractivity contribution in [3.63, 3.8) is 0 Å². The van der Waals surface area contributed by atoms with Crippen molar-refractivity contribution in [2.24, 2.45) is 0 Å². The summed E-state index contributed by atoms with van der Waals surface area (Å²) < 4.78 is 13.4. The number of carbonyl (C=O) groups excluding carboxylic acids is 1. The van der Waals surface area contributed by atoms with Gasteiger partial charge in [-0.15, -0.1) is 0 Å². The number of aromatic amines is 1. The molecule has 5 N–H and O–H groups in total. The molecule has 0 fully saturated rings. The van der Waals surface area contributed by atoms with Crippen molar-refractivity contribution in [3.05, 3.63) is 77.6 Å². The maximum Gasteiger partial charge on any atom is 0.255 e. The Morgan fingerprint density at radius 3 is 2.58 bits per heavy atom. The van der Waals surface area contributed by atoms with Gasteiger partial charge in [-0.3, -0.25) is 4.79 Å². The minimum absolute atomic E-state index is 0.224. The van der Waals surface area contributed by atoms with Gasteiger partial charge in [0, 0.05) is 23.1 Å². The fourth-order valence-corrected chi connectivity index (χ4v) is 3.34. The lowest BCUT2D eigenvalue weighted by molar-refractivity contribution is 0.102. The summed E-state index contributed by atoms with van der Waals surface area (Å²) in [7, 11) is 0. The molecule has 2 aromatic heterocycles. The van der Waals surface area contributed by atoms with E-state index in [-0.39, 0.29) is 17.3 Å². The summed E-state index contributed by atoms with van der Waals surface area (Å²) in [6, 6.07) is 12.4. The van der Waals surface area contributed by atoms with Crippen molar-refractivity contribution >= 4 is 28.9 Å². The number of nitrogen functional groups attached to an aromatic ring is 1. The van der Waals surface area contributed by atoms with Gasteiger partial charge in [0.25, 0.3) is 5.91 Å². The second kappa shape index (κ2) is 9.07. The lowest BCUT2D eigenvalue weighted by Crippen LogP contribution is -2.13. The summed E-state index contributed by atoms with van der Waals surface area (Å²) in [6.07, 6.45) is 1.67. The van der Waals surface area contributed by atoms with E-state index in [0.717, 1.165) is 17.2 Å². The number of hydrogen-bond acceptors (Lipinski definition) is 6. The van der Waals surface area contributed by atoms with Gasteiger partial charge in [0.15, 0.2) is 0 Å². The molecule has 0 atom stereocenters. The lowest BCUT2D eigenvalue weighted by Gasteiger charge is -2.10. The molecular weight excluding hydrogens is 421 g/mol. The summed E-state index contributed by atoms with van der Waals surface area (Å²) in [5, 5.41) is 5.76. The summed E-state index contributed by atoms with van der Waals surface area (Å²) in [6.45, 7) is 6.10. The molecule has 8 nitrogen and oxygen atoms in total. The normalized spacial score (nSPS) is 10.9. The van der Waals surface area contributed by atoms with E-state index in [1.54, 1.807) is 30.5 Å². The first-order valence-corrected chi connectivity index (χ1v) is 10.4. The van der Waals surface area contributed by atoms with E-state index in [0.29, 0.717) is 22.9 Å². The average molecular weight is 446 g/mol. The van der Waals surface area contributed by atoms with Crippen LogP contribution in [0.2, 0.25) is 0 Å². The van der Waals surface area contributed by atoms with Crippen molar-refractivity contribution in [2.45, 2.75) is 26.7 Å². The highest BCUT2D eigenvalue weighted by Gasteiger charge is 2.15. The predicted octanol–water partition coefficient (Wildman–Crippen LogP) is 5.02. The fraction of sp³-hybridized carbons (Fsp3) is 0.167. The number of aromatic nitrogens is 4. The van der Waals surface area contributed by atoms with Crippen LogP contribution < -0.4 is 16.4 Å². The number of H-pyrrole nitrogens is 1. The highest BCUT2D eigenvalue weighted by atomic mass is 19.1. The molecule has 33 heavy (non-hydrogen) atoms. The first-order valence-electron chi connectivity index (χ1n) is 10.4. The van der Waals surface area contributed by atoms with Crippen LogP contribution in [0, 0.1) is 12.7 Å². The molecule has 0 saturated heterocycles. The third kappa shape index (κ3) is 4.98. The Hall–Kier alpha value is -4.27. The lowest BCUT2D eigenvalue weighted by atomic mass is 10.1. The van der Waals surface area contributed by atoms with Crippen LogP contribution >= 0.6 is 0 Å².